The van der Waals surface area contributed by atoms with Crippen LogP contribution in [-0.2, 0) is 9.47 Å². The molecule has 222 valence electrons. The molecule has 5 heterocycles. The molecule has 11 heteroatoms. The van der Waals surface area contributed by atoms with Gasteiger partial charge in [0.2, 0.25) is 0 Å². The molecule has 2 fully saturated rings. The summed E-state index contributed by atoms with van der Waals surface area (Å²) in [6.07, 6.45) is 10.5. The Balaban J connectivity index is 1.16. The van der Waals surface area contributed by atoms with Crippen LogP contribution in [0.25, 0.3) is 33.3 Å². The van der Waals surface area contributed by atoms with Gasteiger partial charge in [0, 0.05) is 55.0 Å². The molecule has 0 spiro atoms. The molecule has 1 N–H and O–H groups in total. The number of benzene rings is 1. The van der Waals surface area contributed by atoms with Crippen molar-refractivity contribution in [3.8, 4) is 22.4 Å². The minimum Gasteiger partial charge on any atom is -0.444 e. The molecule has 0 radical (unpaired) electrons. The smallest absolute Gasteiger partial charge is 0.410 e. The molecule has 0 bridgehead atoms. The molecule has 1 amide bonds. The third kappa shape index (κ3) is 5.70. The highest BCUT2D eigenvalue weighted by Crippen LogP contribution is 2.35. The van der Waals surface area contributed by atoms with Gasteiger partial charge in [-0.2, -0.15) is 10.2 Å². The maximum absolute atomic E-state index is 12.6. The minimum absolute atomic E-state index is 0.000678. The Morgan fingerprint density at radius 1 is 1.10 bits per heavy atom. The first-order chi connectivity index (χ1) is 20.2. The molecule has 0 aliphatic carbocycles. The Hall–Kier alpha value is -3.99. The Kier molecular flexibility index (Phi) is 7.61. The lowest BCUT2D eigenvalue weighted by molar-refractivity contribution is -0.0394. The molecular formula is C31H40N8O3. The number of hydrogen-bond acceptors (Lipinski definition) is 8. The number of carbonyl (C=O) groups excluding carboxylic acids is 1. The lowest BCUT2D eigenvalue weighted by Crippen LogP contribution is -2.51. The first-order valence-electron chi connectivity index (χ1n) is 14.9. The van der Waals surface area contributed by atoms with E-state index in [0.29, 0.717) is 6.54 Å². The van der Waals surface area contributed by atoms with Crippen molar-refractivity contribution in [1.82, 2.24) is 35.1 Å². The van der Waals surface area contributed by atoms with Crippen molar-refractivity contribution in [2.24, 2.45) is 0 Å². The van der Waals surface area contributed by atoms with Gasteiger partial charge in [0.15, 0.2) is 5.82 Å². The quantitative estimate of drug-likeness (QED) is 0.319. The fourth-order valence-electron chi connectivity index (χ4n) is 6.00. The van der Waals surface area contributed by atoms with Crippen molar-refractivity contribution in [3.05, 3.63) is 42.9 Å². The molecule has 6 rings (SSSR count). The summed E-state index contributed by atoms with van der Waals surface area (Å²) in [5.74, 6) is 0.802. The number of aromatic nitrogens is 6. The number of H-pyrrole nitrogens is 1. The number of likely N-dealkylation sites (tertiary alicyclic amines) is 1. The van der Waals surface area contributed by atoms with Crippen molar-refractivity contribution in [3.63, 3.8) is 0 Å². The molecule has 2 saturated heterocycles. The summed E-state index contributed by atoms with van der Waals surface area (Å²) in [6.45, 7) is 9.19. The molecule has 2 aliphatic rings. The minimum atomic E-state index is -0.503. The van der Waals surface area contributed by atoms with Crippen LogP contribution in [0.1, 0.15) is 66.0 Å². The van der Waals surface area contributed by atoms with Crippen molar-refractivity contribution in [2.45, 2.75) is 83.7 Å². The summed E-state index contributed by atoms with van der Waals surface area (Å²) in [4.78, 5) is 16.6. The van der Waals surface area contributed by atoms with Gasteiger partial charge >= 0.3 is 6.09 Å². The molecule has 3 aromatic heterocycles. The lowest BCUT2D eigenvalue weighted by atomic mass is 9.97. The maximum Gasteiger partial charge on any atom is 0.410 e. The van der Waals surface area contributed by atoms with Gasteiger partial charge in [-0.15, -0.1) is 10.2 Å². The SMILES string of the molecule is C[C@@H]1C[C@H](N(C)c2ccc(-c3ccc(-c4cnn(C5CCCCO5)c4)c4cn[nH]c34)nn2)CCN1C(=O)OC(C)(C)C. The molecular weight excluding hydrogens is 532 g/mol. The number of aromatic amines is 1. The van der Waals surface area contributed by atoms with E-state index in [2.05, 4.69) is 55.6 Å². The van der Waals surface area contributed by atoms with Crippen molar-refractivity contribution >= 4 is 22.8 Å². The fourth-order valence-corrected chi connectivity index (χ4v) is 6.00. The Morgan fingerprint density at radius 2 is 1.93 bits per heavy atom. The van der Waals surface area contributed by atoms with Gasteiger partial charge < -0.3 is 19.3 Å². The van der Waals surface area contributed by atoms with E-state index in [1.807, 2.05) is 61.9 Å². The summed E-state index contributed by atoms with van der Waals surface area (Å²) in [6, 6.07) is 8.49. The number of fused-ring (bicyclic) bond motifs is 1. The number of hydrogen-bond donors (Lipinski definition) is 1. The number of carbonyl (C=O) groups is 1. The third-order valence-electron chi connectivity index (χ3n) is 8.29. The zero-order chi connectivity index (χ0) is 29.4. The predicted molar refractivity (Wildman–Crippen MR) is 161 cm³/mol. The lowest BCUT2D eigenvalue weighted by Gasteiger charge is -2.41. The van der Waals surface area contributed by atoms with Crippen LogP contribution >= 0.6 is 0 Å². The van der Waals surface area contributed by atoms with E-state index in [1.165, 1.54) is 0 Å². The van der Waals surface area contributed by atoms with Gasteiger partial charge in [-0.1, -0.05) is 6.07 Å². The molecule has 4 aromatic rings. The van der Waals surface area contributed by atoms with Crippen molar-refractivity contribution in [2.75, 3.05) is 25.1 Å². The van der Waals surface area contributed by atoms with E-state index in [0.717, 1.165) is 77.8 Å². The largest absolute Gasteiger partial charge is 0.444 e. The number of rotatable bonds is 5. The molecule has 2 aliphatic heterocycles. The van der Waals surface area contributed by atoms with Gasteiger partial charge in [0.05, 0.1) is 23.6 Å². The zero-order valence-electron chi connectivity index (χ0n) is 25.1. The topological polar surface area (TPSA) is 114 Å². The number of piperidine rings is 1. The second-order valence-corrected chi connectivity index (χ2v) is 12.4. The molecule has 11 nitrogen and oxygen atoms in total. The molecule has 1 unspecified atom stereocenters. The second kappa shape index (κ2) is 11.4. The first-order valence-corrected chi connectivity index (χ1v) is 14.9. The average molecular weight is 573 g/mol. The standard InChI is InChI=1S/C31H40N8O3/c1-20-16-22(13-14-38(20)30(40)42-31(2,3)4)37(5)27-12-11-26(34-35-27)24-10-9-23(25-18-32-36-29(24)25)21-17-33-39(19-21)28-8-6-7-15-41-28/h9-12,17-20,22,28H,6-8,13-16H2,1-5H3,(H,32,36)/t20-,22-,28?/m1/s1. The van der Waals surface area contributed by atoms with Crippen molar-refractivity contribution < 1.29 is 14.3 Å². The zero-order valence-corrected chi connectivity index (χ0v) is 25.1. The van der Waals surface area contributed by atoms with Crippen LogP contribution in [0, 0.1) is 0 Å². The van der Waals surface area contributed by atoms with Gasteiger partial charge in [-0.3, -0.25) is 5.10 Å². The highest BCUT2D eigenvalue weighted by atomic mass is 16.6. The van der Waals surface area contributed by atoms with E-state index in [-0.39, 0.29) is 24.4 Å². The summed E-state index contributed by atoms with van der Waals surface area (Å²) < 4.78 is 13.4. The second-order valence-electron chi connectivity index (χ2n) is 12.4. The van der Waals surface area contributed by atoms with E-state index in [9.17, 15) is 4.79 Å². The van der Waals surface area contributed by atoms with Crippen LogP contribution in [0.5, 0.6) is 0 Å². The monoisotopic (exact) mass is 572 g/mol. The predicted octanol–water partition coefficient (Wildman–Crippen LogP) is 5.81. The van der Waals surface area contributed by atoms with Crippen LogP contribution in [-0.4, -0.2) is 79.1 Å². The van der Waals surface area contributed by atoms with Gasteiger partial charge in [-0.25, -0.2) is 9.48 Å². The number of ether oxygens (including phenoxy) is 2. The van der Waals surface area contributed by atoms with Crippen LogP contribution in [0.4, 0.5) is 10.6 Å². The van der Waals surface area contributed by atoms with E-state index < -0.39 is 5.60 Å². The van der Waals surface area contributed by atoms with E-state index >= 15 is 0 Å². The third-order valence-corrected chi connectivity index (χ3v) is 8.29. The number of nitrogens with zero attached hydrogens (tertiary/aromatic N) is 7. The fraction of sp³-hybridized carbons (Fsp3) is 0.516. The summed E-state index contributed by atoms with van der Waals surface area (Å²) in [5, 5.41) is 22.3. The van der Waals surface area contributed by atoms with Crippen LogP contribution in [0.15, 0.2) is 42.9 Å². The summed E-state index contributed by atoms with van der Waals surface area (Å²) in [7, 11) is 2.05. The first kappa shape index (κ1) is 28.1. The Bertz CT molecular complexity index is 1530. The van der Waals surface area contributed by atoms with Gasteiger partial charge in [0.25, 0.3) is 0 Å². The highest BCUT2D eigenvalue weighted by Gasteiger charge is 2.33. The molecule has 42 heavy (non-hydrogen) atoms. The van der Waals surface area contributed by atoms with Crippen LogP contribution < -0.4 is 4.90 Å². The normalized spacial score (nSPS) is 21.5. The Morgan fingerprint density at radius 3 is 2.64 bits per heavy atom. The highest BCUT2D eigenvalue weighted by molar-refractivity contribution is 6.01. The van der Waals surface area contributed by atoms with Crippen LogP contribution in [0.2, 0.25) is 0 Å². The summed E-state index contributed by atoms with van der Waals surface area (Å²) >= 11 is 0. The Labute approximate surface area is 246 Å². The number of nitrogens with one attached hydrogen (secondary N) is 1. The van der Waals surface area contributed by atoms with Gasteiger partial charge in [-0.05, 0) is 83.6 Å². The average Bonchev–Trinajstić information content (AvgIpc) is 3.67. The van der Waals surface area contributed by atoms with Crippen molar-refractivity contribution in [1.29, 1.82) is 0 Å². The maximum atomic E-state index is 12.6. The molecule has 3 atom stereocenters. The molecule has 0 saturated carbocycles. The number of anilines is 1. The van der Waals surface area contributed by atoms with E-state index in [1.54, 1.807) is 0 Å². The van der Waals surface area contributed by atoms with Crippen LogP contribution in [0.3, 0.4) is 0 Å². The molecule has 1 aromatic carbocycles. The summed E-state index contributed by atoms with van der Waals surface area (Å²) in [5.41, 5.74) is 4.20. The van der Waals surface area contributed by atoms with Gasteiger partial charge in [0.1, 0.15) is 11.8 Å². The van der Waals surface area contributed by atoms with E-state index in [4.69, 9.17) is 9.47 Å². The number of amides is 1.